The van der Waals surface area contributed by atoms with Crippen LogP contribution in [0.25, 0.3) is 0 Å². The van der Waals surface area contributed by atoms with E-state index in [-0.39, 0.29) is 24.8 Å². The van der Waals surface area contributed by atoms with E-state index in [1.54, 1.807) is 25.3 Å². The minimum absolute atomic E-state index is 0.0196. The summed E-state index contributed by atoms with van der Waals surface area (Å²) in [5.74, 6) is 0.815. The number of anilines is 2. The number of para-hydroxylation sites is 1. The summed E-state index contributed by atoms with van der Waals surface area (Å²) in [4.78, 5) is 23.7. The number of ether oxygens (including phenoxy) is 2. The Kier molecular flexibility index (Phi) is 4.14. The summed E-state index contributed by atoms with van der Waals surface area (Å²) in [7, 11) is 1.58. The van der Waals surface area contributed by atoms with Gasteiger partial charge in [-0.25, -0.2) is 0 Å². The van der Waals surface area contributed by atoms with Gasteiger partial charge >= 0.3 is 0 Å². The molecule has 0 saturated heterocycles. The number of carbonyl (C=O) groups is 2. The van der Waals surface area contributed by atoms with Gasteiger partial charge in [-0.2, -0.15) is 0 Å². The number of hydrogen-bond acceptors (Lipinski definition) is 4. The molecule has 1 heterocycles. The smallest absolute Gasteiger partial charge is 0.262 e. The molecule has 1 aliphatic rings. The first kappa shape index (κ1) is 14.9. The summed E-state index contributed by atoms with van der Waals surface area (Å²) in [5.41, 5.74) is 1.85. The average Bonchev–Trinajstić information content (AvgIpc) is 2.55. The number of carbonyl (C=O) groups excluding carboxylic acids is 2. The molecule has 0 unspecified atom stereocenters. The van der Waals surface area contributed by atoms with Crippen LogP contribution in [0.3, 0.4) is 0 Å². The lowest BCUT2D eigenvalue weighted by atomic mass is 10.1. The first-order chi connectivity index (χ1) is 11.2. The quantitative estimate of drug-likeness (QED) is 0.907. The normalized spacial score (nSPS) is 12.7. The lowest BCUT2D eigenvalue weighted by molar-refractivity contribution is -0.118. The molecule has 6 nitrogen and oxygen atoms in total. The van der Waals surface area contributed by atoms with E-state index in [4.69, 9.17) is 9.47 Å². The van der Waals surface area contributed by atoms with Gasteiger partial charge in [-0.05, 0) is 29.8 Å². The highest BCUT2D eigenvalue weighted by Gasteiger charge is 2.19. The van der Waals surface area contributed by atoms with Crippen LogP contribution in [0, 0.1) is 0 Å². The molecule has 0 fully saturated rings. The summed E-state index contributed by atoms with van der Waals surface area (Å²) < 4.78 is 10.5. The number of nitrogens with one attached hydrogen (secondary N) is 2. The molecule has 0 bridgehead atoms. The zero-order chi connectivity index (χ0) is 16.2. The van der Waals surface area contributed by atoms with Crippen molar-refractivity contribution in [2.24, 2.45) is 0 Å². The van der Waals surface area contributed by atoms with Crippen molar-refractivity contribution in [1.29, 1.82) is 0 Å². The van der Waals surface area contributed by atoms with Gasteiger partial charge in [0.2, 0.25) is 5.91 Å². The third-order valence-corrected chi connectivity index (χ3v) is 3.42. The molecule has 23 heavy (non-hydrogen) atoms. The van der Waals surface area contributed by atoms with Crippen LogP contribution < -0.4 is 20.1 Å². The van der Waals surface area contributed by atoms with Crippen molar-refractivity contribution in [3.63, 3.8) is 0 Å². The molecule has 2 N–H and O–H groups in total. The van der Waals surface area contributed by atoms with Crippen molar-refractivity contribution in [3.05, 3.63) is 48.0 Å². The molecule has 1 aliphatic heterocycles. The second-order valence-electron chi connectivity index (χ2n) is 5.09. The van der Waals surface area contributed by atoms with Crippen molar-refractivity contribution in [2.45, 2.75) is 6.42 Å². The van der Waals surface area contributed by atoms with E-state index in [0.717, 1.165) is 5.56 Å². The number of hydrogen-bond donors (Lipinski definition) is 2. The van der Waals surface area contributed by atoms with Gasteiger partial charge in [0, 0.05) is 0 Å². The first-order valence-electron chi connectivity index (χ1n) is 7.14. The summed E-state index contributed by atoms with van der Waals surface area (Å²) in [6.07, 6.45) is 0.204. The van der Waals surface area contributed by atoms with Gasteiger partial charge in [0.05, 0.1) is 19.2 Å². The zero-order valence-electron chi connectivity index (χ0n) is 12.6. The zero-order valence-corrected chi connectivity index (χ0v) is 12.6. The standard InChI is InChI=1S/C17H16N2O4/c1-22-12-5-2-4-11(8-12)9-15(20)18-13-6-3-7-14-17(13)19-16(21)10-23-14/h2-8H,9-10H2,1H3,(H,18,20)(H,19,21). The molecule has 2 aromatic rings. The number of fused-ring (bicyclic) bond motifs is 1. The lowest BCUT2D eigenvalue weighted by Crippen LogP contribution is -2.27. The highest BCUT2D eigenvalue weighted by molar-refractivity contribution is 6.03. The van der Waals surface area contributed by atoms with Crippen molar-refractivity contribution in [3.8, 4) is 11.5 Å². The van der Waals surface area contributed by atoms with E-state index in [0.29, 0.717) is 22.9 Å². The second-order valence-corrected chi connectivity index (χ2v) is 5.09. The topological polar surface area (TPSA) is 76.7 Å². The summed E-state index contributed by atoms with van der Waals surface area (Å²) >= 11 is 0. The molecule has 3 rings (SSSR count). The molecule has 0 aliphatic carbocycles. The number of benzene rings is 2. The van der Waals surface area contributed by atoms with Gasteiger partial charge in [0.25, 0.3) is 5.91 Å². The minimum atomic E-state index is -0.244. The Labute approximate surface area is 133 Å². The van der Waals surface area contributed by atoms with Crippen LogP contribution in [0.5, 0.6) is 11.5 Å². The van der Waals surface area contributed by atoms with Gasteiger partial charge in [-0.15, -0.1) is 0 Å². The number of methoxy groups -OCH3 is 1. The predicted octanol–water partition coefficient (Wildman–Crippen LogP) is 2.21. The van der Waals surface area contributed by atoms with Crippen LogP contribution in [0.15, 0.2) is 42.5 Å². The largest absolute Gasteiger partial charge is 0.497 e. The van der Waals surface area contributed by atoms with E-state index in [1.807, 2.05) is 24.3 Å². The Morgan fingerprint density at radius 1 is 1.30 bits per heavy atom. The van der Waals surface area contributed by atoms with E-state index in [1.165, 1.54) is 0 Å². The molecular weight excluding hydrogens is 296 g/mol. The molecule has 0 radical (unpaired) electrons. The highest BCUT2D eigenvalue weighted by Crippen LogP contribution is 2.34. The maximum atomic E-state index is 12.2. The molecule has 6 heteroatoms. The van der Waals surface area contributed by atoms with E-state index >= 15 is 0 Å². The minimum Gasteiger partial charge on any atom is -0.497 e. The molecular formula is C17H16N2O4. The average molecular weight is 312 g/mol. The SMILES string of the molecule is COc1cccc(CC(=O)Nc2cccc3c2NC(=O)CO3)c1. The fourth-order valence-electron chi connectivity index (χ4n) is 2.37. The van der Waals surface area contributed by atoms with Crippen molar-refractivity contribution < 1.29 is 19.1 Å². The molecule has 0 aromatic heterocycles. The Morgan fingerprint density at radius 3 is 2.96 bits per heavy atom. The number of rotatable bonds is 4. The van der Waals surface area contributed by atoms with Gasteiger partial charge < -0.3 is 20.1 Å². The van der Waals surface area contributed by atoms with Gasteiger partial charge in [0.1, 0.15) is 17.2 Å². The van der Waals surface area contributed by atoms with Crippen molar-refractivity contribution in [1.82, 2.24) is 0 Å². The highest BCUT2D eigenvalue weighted by atomic mass is 16.5. The van der Waals surface area contributed by atoms with Crippen molar-refractivity contribution >= 4 is 23.2 Å². The van der Waals surface area contributed by atoms with E-state index < -0.39 is 0 Å². The molecule has 0 spiro atoms. The Hall–Kier alpha value is -3.02. The summed E-state index contributed by atoms with van der Waals surface area (Å²) in [6, 6.07) is 12.5. The summed E-state index contributed by atoms with van der Waals surface area (Å²) in [5, 5.41) is 5.52. The van der Waals surface area contributed by atoms with E-state index in [2.05, 4.69) is 10.6 Å². The Balaban J connectivity index is 1.74. The molecule has 2 aromatic carbocycles. The lowest BCUT2D eigenvalue weighted by Gasteiger charge is -2.20. The van der Waals surface area contributed by atoms with Gasteiger partial charge in [-0.3, -0.25) is 9.59 Å². The fraction of sp³-hybridized carbons (Fsp3) is 0.176. The molecule has 0 saturated carbocycles. The molecule has 118 valence electrons. The maximum Gasteiger partial charge on any atom is 0.262 e. The maximum absolute atomic E-state index is 12.2. The third kappa shape index (κ3) is 3.42. The fourth-order valence-corrected chi connectivity index (χ4v) is 2.37. The van der Waals surface area contributed by atoms with Gasteiger partial charge in [-0.1, -0.05) is 18.2 Å². The van der Waals surface area contributed by atoms with E-state index in [9.17, 15) is 9.59 Å². The van der Waals surface area contributed by atoms with Crippen LogP contribution >= 0.6 is 0 Å². The second kappa shape index (κ2) is 6.39. The molecule has 0 atom stereocenters. The predicted molar refractivity (Wildman–Crippen MR) is 85.9 cm³/mol. The monoisotopic (exact) mass is 312 g/mol. The van der Waals surface area contributed by atoms with Crippen LogP contribution in [-0.4, -0.2) is 25.5 Å². The van der Waals surface area contributed by atoms with Crippen molar-refractivity contribution in [2.75, 3.05) is 24.4 Å². The van der Waals surface area contributed by atoms with Crippen LogP contribution in [-0.2, 0) is 16.0 Å². The molecule has 2 amide bonds. The Morgan fingerprint density at radius 2 is 2.13 bits per heavy atom. The number of amides is 2. The Bertz CT molecular complexity index is 758. The summed E-state index contributed by atoms with van der Waals surface area (Å²) in [6.45, 7) is -0.0196. The van der Waals surface area contributed by atoms with Crippen LogP contribution in [0.2, 0.25) is 0 Å². The van der Waals surface area contributed by atoms with Crippen LogP contribution in [0.1, 0.15) is 5.56 Å². The van der Waals surface area contributed by atoms with Gasteiger partial charge in [0.15, 0.2) is 6.61 Å². The third-order valence-electron chi connectivity index (χ3n) is 3.42. The first-order valence-corrected chi connectivity index (χ1v) is 7.14. The van der Waals surface area contributed by atoms with Crippen LogP contribution in [0.4, 0.5) is 11.4 Å².